The highest BCUT2D eigenvalue weighted by Gasteiger charge is 2.10. The summed E-state index contributed by atoms with van der Waals surface area (Å²) in [5.41, 5.74) is 1.77. The van der Waals surface area contributed by atoms with E-state index in [-0.39, 0.29) is 11.1 Å². The van der Waals surface area contributed by atoms with E-state index in [2.05, 4.69) is 0 Å². The number of carbonyl (C=O) groups is 1. The second kappa shape index (κ2) is 7.04. The first kappa shape index (κ1) is 15.9. The van der Waals surface area contributed by atoms with Gasteiger partial charge in [0, 0.05) is 5.56 Å². The third-order valence-corrected chi connectivity index (χ3v) is 3.61. The molecule has 0 unspecified atom stereocenters. The first-order valence-electron chi connectivity index (χ1n) is 7.39. The highest BCUT2D eigenvalue weighted by Crippen LogP contribution is 2.28. The maximum absolute atomic E-state index is 13.9. The van der Waals surface area contributed by atoms with Gasteiger partial charge in [-0.05, 0) is 41.5 Å². The molecule has 0 N–H and O–H groups in total. The molecule has 24 heavy (non-hydrogen) atoms. The molecule has 0 amide bonds. The Hall–Kier alpha value is -3.01. The molecule has 0 aromatic heterocycles. The SMILES string of the molecule is O=Cc1cc(-c2cc(F)ccc2F)ccc1OCc1ccccc1. The van der Waals surface area contributed by atoms with Crippen molar-refractivity contribution in [1.29, 1.82) is 0 Å². The predicted octanol–water partition coefficient (Wildman–Crippen LogP) is 5.02. The third-order valence-electron chi connectivity index (χ3n) is 3.61. The van der Waals surface area contributed by atoms with E-state index in [1.807, 2.05) is 30.3 Å². The van der Waals surface area contributed by atoms with Crippen molar-refractivity contribution < 1.29 is 18.3 Å². The second-order valence-corrected chi connectivity index (χ2v) is 5.27. The molecule has 0 saturated heterocycles. The van der Waals surface area contributed by atoms with E-state index in [9.17, 15) is 13.6 Å². The van der Waals surface area contributed by atoms with Crippen molar-refractivity contribution in [2.45, 2.75) is 6.61 Å². The van der Waals surface area contributed by atoms with Crippen molar-refractivity contribution in [3.63, 3.8) is 0 Å². The van der Waals surface area contributed by atoms with Crippen molar-refractivity contribution in [2.75, 3.05) is 0 Å². The zero-order chi connectivity index (χ0) is 16.9. The van der Waals surface area contributed by atoms with E-state index in [0.29, 0.717) is 24.2 Å². The fourth-order valence-corrected chi connectivity index (χ4v) is 2.39. The number of hydrogen-bond acceptors (Lipinski definition) is 2. The van der Waals surface area contributed by atoms with Gasteiger partial charge in [0.05, 0.1) is 5.56 Å². The molecule has 2 nitrogen and oxygen atoms in total. The average molecular weight is 324 g/mol. The molecule has 0 aliphatic rings. The Bertz CT molecular complexity index is 861. The summed E-state index contributed by atoms with van der Waals surface area (Å²) in [5, 5.41) is 0. The summed E-state index contributed by atoms with van der Waals surface area (Å²) < 4.78 is 32.9. The lowest BCUT2D eigenvalue weighted by Gasteiger charge is -2.11. The van der Waals surface area contributed by atoms with Gasteiger partial charge in [0.2, 0.25) is 0 Å². The molecule has 120 valence electrons. The van der Waals surface area contributed by atoms with Gasteiger partial charge in [0.15, 0.2) is 6.29 Å². The van der Waals surface area contributed by atoms with Crippen molar-refractivity contribution in [3.05, 3.63) is 89.5 Å². The maximum Gasteiger partial charge on any atom is 0.153 e. The Labute approximate surface area is 138 Å². The molecule has 0 fully saturated rings. The third kappa shape index (κ3) is 3.49. The summed E-state index contributed by atoms with van der Waals surface area (Å²) in [7, 11) is 0. The molecule has 0 aliphatic carbocycles. The van der Waals surface area contributed by atoms with E-state index in [1.54, 1.807) is 12.1 Å². The lowest BCUT2D eigenvalue weighted by Crippen LogP contribution is -1.98. The van der Waals surface area contributed by atoms with E-state index >= 15 is 0 Å². The molecule has 0 aliphatic heterocycles. The summed E-state index contributed by atoms with van der Waals surface area (Å²) >= 11 is 0. The van der Waals surface area contributed by atoms with Crippen LogP contribution in [-0.2, 0) is 6.61 Å². The fraction of sp³-hybridized carbons (Fsp3) is 0.0500. The van der Waals surface area contributed by atoms with Gasteiger partial charge in [-0.15, -0.1) is 0 Å². The highest BCUT2D eigenvalue weighted by atomic mass is 19.1. The van der Waals surface area contributed by atoms with E-state index < -0.39 is 11.6 Å². The van der Waals surface area contributed by atoms with Crippen LogP contribution in [0.5, 0.6) is 5.75 Å². The zero-order valence-electron chi connectivity index (χ0n) is 12.7. The van der Waals surface area contributed by atoms with Gasteiger partial charge in [-0.3, -0.25) is 4.79 Å². The molecule has 3 rings (SSSR count). The molecular formula is C20H14F2O2. The Morgan fingerprint density at radius 3 is 2.46 bits per heavy atom. The molecule has 0 heterocycles. The maximum atomic E-state index is 13.9. The van der Waals surface area contributed by atoms with Crippen LogP contribution in [0.15, 0.2) is 66.7 Å². The molecule has 4 heteroatoms. The Morgan fingerprint density at radius 1 is 0.917 bits per heavy atom. The minimum Gasteiger partial charge on any atom is -0.488 e. The van der Waals surface area contributed by atoms with E-state index in [0.717, 1.165) is 23.8 Å². The summed E-state index contributed by atoms with van der Waals surface area (Å²) in [6, 6.07) is 17.4. The molecule has 0 bridgehead atoms. The van der Waals surface area contributed by atoms with Crippen LogP contribution in [0.3, 0.4) is 0 Å². The molecule has 3 aromatic carbocycles. The highest BCUT2D eigenvalue weighted by molar-refractivity contribution is 5.83. The summed E-state index contributed by atoms with van der Waals surface area (Å²) in [5.74, 6) is -0.691. The first-order chi connectivity index (χ1) is 11.7. The second-order valence-electron chi connectivity index (χ2n) is 5.27. The van der Waals surface area contributed by atoms with Crippen LogP contribution in [0.2, 0.25) is 0 Å². The van der Waals surface area contributed by atoms with Crippen molar-refractivity contribution in [1.82, 2.24) is 0 Å². The predicted molar refractivity (Wildman–Crippen MR) is 88.0 cm³/mol. The van der Waals surface area contributed by atoms with Crippen molar-refractivity contribution in [2.24, 2.45) is 0 Å². The molecule has 0 spiro atoms. The van der Waals surface area contributed by atoms with Crippen LogP contribution < -0.4 is 4.74 Å². The number of carbonyl (C=O) groups excluding carboxylic acids is 1. The minimum absolute atomic E-state index is 0.104. The quantitative estimate of drug-likeness (QED) is 0.616. The smallest absolute Gasteiger partial charge is 0.153 e. The number of aldehydes is 1. The summed E-state index contributed by atoms with van der Waals surface area (Å²) in [6.07, 6.45) is 0.640. The largest absolute Gasteiger partial charge is 0.488 e. The molecule has 0 radical (unpaired) electrons. The molecule has 0 saturated carbocycles. The summed E-state index contributed by atoms with van der Waals surface area (Å²) in [6.45, 7) is 0.315. The number of ether oxygens (including phenoxy) is 1. The zero-order valence-corrected chi connectivity index (χ0v) is 12.7. The van der Waals surface area contributed by atoms with E-state index in [1.165, 1.54) is 6.07 Å². The van der Waals surface area contributed by atoms with Crippen molar-refractivity contribution in [3.8, 4) is 16.9 Å². The van der Waals surface area contributed by atoms with Crippen LogP contribution in [0.1, 0.15) is 15.9 Å². The molecule has 0 atom stereocenters. The van der Waals surface area contributed by atoms with Gasteiger partial charge < -0.3 is 4.74 Å². The van der Waals surface area contributed by atoms with Gasteiger partial charge in [-0.2, -0.15) is 0 Å². The number of rotatable bonds is 5. The Balaban J connectivity index is 1.88. The van der Waals surface area contributed by atoms with Crippen LogP contribution in [0.4, 0.5) is 8.78 Å². The fourth-order valence-electron chi connectivity index (χ4n) is 2.39. The average Bonchev–Trinajstić information content (AvgIpc) is 2.62. The summed E-state index contributed by atoms with van der Waals surface area (Å²) in [4.78, 5) is 11.3. The van der Waals surface area contributed by atoms with E-state index in [4.69, 9.17) is 4.74 Å². The standard InChI is InChI=1S/C20H14F2O2/c21-17-7-8-19(22)18(11-17)15-6-9-20(16(10-15)12-23)24-13-14-4-2-1-3-5-14/h1-12H,13H2. The van der Waals surface area contributed by atoms with Gasteiger partial charge in [0.1, 0.15) is 24.0 Å². The van der Waals surface area contributed by atoms with Crippen LogP contribution in [-0.4, -0.2) is 6.29 Å². The number of hydrogen-bond donors (Lipinski definition) is 0. The topological polar surface area (TPSA) is 26.3 Å². The molecular weight excluding hydrogens is 310 g/mol. The Morgan fingerprint density at radius 2 is 1.71 bits per heavy atom. The minimum atomic E-state index is -0.550. The lowest BCUT2D eigenvalue weighted by atomic mass is 10.0. The number of halogens is 2. The van der Waals surface area contributed by atoms with Gasteiger partial charge in [0.25, 0.3) is 0 Å². The van der Waals surface area contributed by atoms with Crippen LogP contribution in [0.25, 0.3) is 11.1 Å². The molecule has 3 aromatic rings. The number of benzene rings is 3. The monoisotopic (exact) mass is 324 g/mol. The van der Waals surface area contributed by atoms with Crippen LogP contribution >= 0.6 is 0 Å². The van der Waals surface area contributed by atoms with Gasteiger partial charge >= 0.3 is 0 Å². The van der Waals surface area contributed by atoms with Gasteiger partial charge in [-0.25, -0.2) is 8.78 Å². The van der Waals surface area contributed by atoms with Gasteiger partial charge in [-0.1, -0.05) is 36.4 Å². The van der Waals surface area contributed by atoms with Crippen LogP contribution in [0, 0.1) is 11.6 Å². The normalized spacial score (nSPS) is 10.4. The first-order valence-corrected chi connectivity index (χ1v) is 7.39. The lowest BCUT2D eigenvalue weighted by molar-refractivity contribution is 0.111. The van der Waals surface area contributed by atoms with Crippen molar-refractivity contribution >= 4 is 6.29 Å². The Kier molecular flexibility index (Phi) is 4.66.